The van der Waals surface area contributed by atoms with Crippen LogP contribution in [0.2, 0.25) is 0 Å². The summed E-state index contributed by atoms with van der Waals surface area (Å²) in [6, 6.07) is 15.3. The van der Waals surface area contributed by atoms with Crippen LogP contribution in [-0.4, -0.2) is 23.8 Å². The molecule has 5 nitrogen and oxygen atoms in total. The molecule has 3 rings (SSSR count). The Morgan fingerprint density at radius 2 is 2.04 bits per heavy atom. The van der Waals surface area contributed by atoms with Crippen molar-refractivity contribution in [3.8, 4) is 18.1 Å². The molecule has 1 heterocycles. The first-order chi connectivity index (χ1) is 12.7. The van der Waals surface area contributed by atoms with Gasteiger partial charge in [-0.25, -0.2) is 5.43 Å². The number of methoxy groups -OCH3 is 1. The number of benzene rings is 2. The summed E-state index contributed by atoms with van der Waals surface area (Å²) in [6.45, 7) is 0.484. The van der Waals surface area contributed by atoms with Crippen molar-refractivity contribution in [2.75, 3.05) is 7.11 Å². The zero-order chi connectivity index (χ0) is 18.4. The number of hydrogen-bond donors (Lipinski definition) is 1. The van der Waals surface area contributed by atoms with Crippen molar-refractivity contribution in [2.24, 2.45) is 5.10 Å². The maximum Gasteiger partial charge on any atom is 0.244 e. The van der Waals surface area contributed by atoms with Crippen LogP contribution in [0.15, 0.2) is 59.8 Å². The van der Waals surface area contributed by atoms with Gasteiger partial charge in [0.05, 0.1) is 26.3 Å². The molecule has 26 heavy (non-hydrogen) atoms. The Kier molecular flexibility index (Phi) is 5.35. The molecule has 0 radical (unpaired) electrons. The molecule has 1 aromatic heterocycles. The molecule has 0 unspecified atom stereocenters. The number of hydrazone groups is 1. The Bertz CT molecular complexity index is 979. The maximum atomic E-state index is 12.0. The van der Waals surface area contributed by atoms with E-state index in [0.717, 1.165) is 27.8 Å². The van der Waals surface area contributed by atoms with E-state index in [1.807, 2.05) is 59.3 Å². The van der Waals surface area contributed by atoms with Gasteiger partial charge in [0.15, 0.2) is 0 Å². The highest BCUT2D eigenvalue weighted by Crippen LogP contribution is 2.19. The number of ether oxygens (including phenoxy) is 1. The van der Waals surface area contributed by atoms with Gasteiger partial charge in [0.1, 0.15) is 5.75 Å². The number of carbonyl (C=O) groups excluding carboxylic acids is 1. The van der Waals surface area contributed by atoms with Crippen molar-refractivity contribution < 1.29 is 9.53 Å². The second-order valence-electron chi connectivity index (χ2n) is 5.75. The normalized spacial score (nSPS) is 10.8. The first-order valence-electron chi connectivity index (χ1n) is 8.17. The molecule has 0 spiro atoms. The Balaban J connectivity index is 1.67. The lowest BCUT2D eigenvalue weighted by atomic mass is 10.1. The van der Waals surface area contributed by atoms with E-state index in [2.05, 4.69) is 16.4 Å². The highest BCUT2D eigenvalue weighted by Gasteiger charge is 2.06. The Hall–Kier alpha value is -3.52. The number of fused-ring (bicyclic) bond motifs is 1. The van der Waals surface area contributed by atoms with Gasteiger partial charge in [-0.2, -0.15) is 5.10 Å². The van der Waals surface area contributed by atoms with E-state index in [1.54, 1.807) is 13.3 Å². The van der Waals surface area contributed by atoms with E-state index in [1.165, 1.54) is 0 Å². The van der Waals surface area contributed by atoms with Gasteiger partial charge in [0, 0.05) is 22.7 Å². The van der Waals surface area contributed by atoms with Crippen LogP contribution in [-0.2, 0) is 17.8 Å². The zero-order valence-corrected chi connectivity index (χ0v) is 14.5. The van der Waals surface area contributed by atoms with Gasteiger partial charge in [-0.05, 0) is 23.8 Å². The SMILES string of the molecule is C#CCn1cc(/C=N/NC(=O)Cc2ccc(OC)cc2)c2ccccc21. The van der Waals surface area contributed by atoms with Crippen LogP contribution in [0.5, 0.6) is 5.75 Å². The summed E-state index contributed by atoms with van der Waals surface area (Å²) in [5.74, 6) is 3.22. The fraction of sp³-hybridized carbons (Fsp3) is 0.143. The fourth-order valence-corrected chi connectivity index (χ4v) is 2.75. The van der Waals surface area contributed by atoms with Crippen molar-refractivity contribution >= 4 is 23.0 Å². The molecule has 0 aliphatic heterocycles. The molecule has 1 amide bonds. The van der Waals surface area contributed by atoms with Crippen molar-refractivity contribution in [2.45, 2.75) is 13.0 Å². The van der Waals surface area contributed by atoms with Crippen molar-refractivity contribution in [1.29, 1.82) is 0 Å². The summed E-state index contributed by atoms with van der Waals surface area (Å²) >= 11 is 0. The molecule has 3 aromatic rings. The molecule has 0 fully saturated rings. The minimum atomic E-state index is -0.182. The van der Waals surface area contributed by atoms with E-state index >= 15 is 0 Å². The zero-order valence-electron chi connectivity index (χ0n) is 14.5. The summed E-state index contributed by atoms with van der Waals surface area (Å²) in [4.78, 5) is 12.0. The average Bonchev–Trinajstić information content (AvgIpc) is 3.01. The minimum absolute atomic E-state index is 0.182. The van der Waals surface area contributed by atoms with Crippen LogP contribution in [0.3, 0.4) is 0 Å². The van der Waals surface area contributed by atoms with E-state index in [9.17, 15) is 4.79 Å². The number of terminal acetylenes is 1. The van der Waals surface area contributed by atoms with Crippen LogP contribution < -0.4 is 10.2 Å². The van der Waals surface area contributed by atoms with Gasteiger partial charge >= 0.3 is 0 Å². The fourth-order valence-electron chi connectivity index (χ4n) is 2.75. The number of nitrogens with zero attached hydrogens (tertiary/aromatic N) is 2. The maximum absolute atomic E-state index is 12.0. The van der Waals surface area contributed by atoms with Gasteiger partial charge in [-0.3, -0.25) is 4.79 Å². The van der Waals surface area contributed by atoms with Crippen LogP contribution in [0, 0.1) is 12.3 Å². The minimum Gasteiger partial charge on any atom is -0.497 e. The lowest BCUT2D eigenvalue weighted by Gasteiger charge is -2.02. The third-order valence-corrected chi connectivity index (χ3v) is 4.00. The largest absolute Gasteiger partial charge is 0.497 e. The predicted molar refractivity (Wildman–Crippen MR) is 103 cm³/mol. The van der Waals surface area contributed by atoms with Crippen molar-refractivity contribution in [3.05, 3.63) is 65.9 Å². The standard InChI is InChI=1S/C21H19N3O2/c1-3-12-24-15-17(19-6-4-5-7-20(19)24)14-22-23-21(25)13-16-8-10-18(26-2)11-9-16/h1,4-11,14-15H,12-13H2,2H3,(H,23,25)/b22-14+. The highest BCUT2D eigenvalue weighted by atomic mass is 16.5. The number of para-hydroxylation sites is 1. The molecule has 1 N–H and O–H groups in total. The molecule has 0 saturated carbocycles. The molecule has 130 valence electrons. The van der Waals surface area contributed by atoms with Gasteiger partial charge in [0.2, 0.25) is 5.91 Å². The second kappa shape index (κ2) is 8.04. The molecule has 2 aromatic carbocycles. The van der Waals surface area contributed by atoms with E-state index in [-0.39, 0.29) is 12.3 Å². The summed E-state index contributed by atoms with van der Waals surface area (Å²) < 4.78 is 7.09. The summed E-state index contributed by atoms with van der Waals surface area (Å²) in [5.41, 5.74) is 5.40. The number of aromatic nitrogens is 1. The van der Waals surface area contributed by atoms with E-state index in [0.29, 0.717) is 6.54 Å². The van der Waals surface area contributed by atoms with E-state index < -0.39 is 0 Å². The number of amides is 1. The molecule has 0 bridgehead atoms. The van der Waals surface area contributed by atoms with Crippen molar-refractivity contribution in [1.82, 2.24) is 9.99 Å². The van der Waals surface area contributed by atoms with Gasteiger partial charge in [-0.1, -0.05) is 36.3 Å². The summed E-state index contributed by atoms with van der Waals surface area (Å²) in [7, 11) is 1.61. The lowest BCUT2D eigenvalue weighted by molar-refractivity contribution is -0.120. The Morgan fingerprint density at radius 3 is 2.77 bits per heavy atom. The summed E-state index contributed by atoms with van der Waals surface area (Å²) in [5, 5.41) is 5.12. The quantitative estimate of drug-likeness (QED) is 0.424. The second-order valence-corrected chi connectivity index (χ2v) is 5.75. The Labute approximate surface area is 152 Å². The smallest absolute Gasteiger partial charge is 0.244 e. The molecule has 0 atom stereocenters. The van der Waals surface area contributed by atoms with E-state index in [4.69, 9.17) is 11.2 Å². The molecule has 5 heteroatoms. The molecular formula is C21H19N3O2. The first-order valence-corrected chi connectivity index (χ1v) is 8.17. The average molecular weight is 345 g/mol. The van der Waals surface area contributed by atoms with Gasteiger partial charge in [0.25, 0.3) is 0 Å². The highest BCUT2D eigenvalue weighted by molar-refractivity contribution is 5.99. The first kappa shape index (κ1) is 17.3. The van der Waals surface area contributed by atoms with Gasteiger partial charge < -0.3 is 9.30 Å². The lowest BCUT2D eigenvalue weighted by Crippen LogP contribution is -2.19. The third kappa shape index (κ3) is 3.93. The number of rotatable bonds is 6. The number of nitrogens with one attached hydrogen (secondary N) is 1. The topological polar surface area (TPSA) is 55.6 Å². The number of hydrogen-bond acceptors (Lipinski definition) is 3. The van der Waals surface area contributed by atoms with Crippen LogP contribution in [0.4, 0.5) is 0 Å². The monoisotopic (exact) mass is 345 g/mol. The third-order valence-electron chi connectivity index (χ3n) is 4.00. The van der Waals surface area contributed by atoms with Crippen molar-refractivity contribution in [3.63, 3.8) is 0 Å². The van der Waals surface area contributed by atoms with Crippen LogP contribution in [0.1, 0.15) is 11.1 Å². The molecular weight excluding hydrogens is 326 g/mol. The molecule has 0 aliphatic carbocycles. The molecule has 0 saturated heterocycles. The Morgan fingerprint density at radius 1 is 1.27 bits per heavy atom. The van der Waals surface area contributed by atoms with Crippen LogP contribution in [0.25, 0.3) is 10.9 Å². The predicted octanol–water partition coefficient (Wildman–Crippen LogP) is 2.98. The molecule has 0 aliphatic rings. The van der Waals surface area contributed by atoms with Crippen LogP contribution >= 0.6 is 0 Å². The summed E-state index contributed by atoms with van der Waals surface area (Å²) in [6.07, 6.45) is 9.25. The number of carbonyl (C=O) groups is 1. The van der Waals surface area contributed by atoms with Gasteiger partial charge in [-0.15, -0.1) is 6.42 Å².